The van der Waals surface area contributed by atoms with Crippen LogP contribution >= 0.6 is 0 Å². The molecule has 0 aliphatic carbocycles. The number of hydrogen-bond acceptors (Lipinski definition) is 2. The lowest BCUT2D eigenvalue weighted by Crippen LogP contribution is -2.17. The highest BCUT2D eigenvalue weighted by Crippen LogP contribution is 2.16. The molecule has 19 heavy (non-hydrogen) atoms. The predicted molar refractivity (Wildman–Crippen MR) is 76.0 cm³/mol. The van der Waals surface area contributed by atoms with E-state index in [9.17, 15) is 4.79 Å². The van der Waals surface area contributed by atoms with Gasteiger partial charge in [0.2, 0.25) is 0 Å². The first-order valence-corrected chi connectivity index (χ1v) is 5.95. The van der Waals surface area contributed by atoms with E-state index in [2.05, 4.69) is 11.9 Å². The Hall–Kier alpha value is -2.55. The van der Waals surface area contributed by atoms with E-state index >= 15 is 0 Å². The molecule has 0 aliphatic heterocycles. The summed E-state index contributed by atoms with van der Waals surface area (Å²) in [7, 11) is 0. The first kappa shape index (κ1) is 12.9. The molecule has 3 nitrogen and oxygen atoms in total. The monoisotopic (exact) mass is 253 g/mol. The Bertz CT molecular complexity index is 591. The lowest BCUT2D eigenvalue weighted by molar-refractivity contribution is -0.114. The van der Waals surface area contributed by atoms with E-state index in [0.29, 0.717) is 11.4 Å². The van der Waals surface area contributed by atoms with Gasteiger partial charge in [0.15, 0.2) is 5.76 Å². The first-order valence-electron chi connectivity index (χ1n) is 5.95. The second-order valence-corrected chi connectivity index (χ2v) is 4.16. The van der Waals surface area contributed by atoms with Crippen LogP contribution < -0.4 is 10.1 Å². The largest absolute Gasteiger partial charge is 0.452 e. The fourth-order valence-electron chi connectivity index (χ4n) is 1.59. The predicted octanol–water partition coefficient (Wildman–Crippen LogP) is 3.53. The summed E-state index contributed by atoms with van der Waals surface area (Å²) in [5.74, 6) is 0.315. The summed E-state index contributed by atoms with van der Waals surface area (Å²) in [6, 6.07) is 16.6. The van der Waals surface area contributed by atoms with Crippen LogP contribution in [0.1, 0.15) is 5.56 Å². The van der Waals surface area contributed by atoms with Crippen LogP contribution in [0, 0.1) is 6.92 Å². The highest BCUT2D eigenvalue weighted by Gasteiger charge is 2.09. The Morgan fingerprint density at radius 2 is 1.84 bits per heavy atom. The standard InChI is InChI=1S/C16H15NO2/c1-12-7-6-10-15(11-12)19-13(2)16(18)17-14-8-4-3-5-9-14/h3-11H,2H2,1H3,(H,17,18). The number of carbonyl (C=O) groups is 1. The maximum Gasteiger partial charge on any atom is 0.290 e. The molecule has 0 aliphatic rings. The number of benzene rings is 2. The fraction of sp³-hybridized carbons (Fsp3) is 0.0625. The molecule has 1 N–H and O–H groups in total. The zero-order chi connectivity index (χ0) is 13.7. The van der Waals surface area contributed by atoms with Gasteiger partial charge in [0.05, 0.1) is 0 Å². The Morgan fingerprint density at radius 3 is 2.53 bits per heavy atom. The van der Waals surface area contributed by atoms with Crippen LogP contribution in [0.2, 0.25) is 0 Å². The Labute approximate surface area is 112 Å². The van der Waals surface area contributed by atoms with Gasteiger partial charge in [-0.2, -0.15) is 0 Å². The summed E-state index contributed by atoms with van der Waals surface area (Å²) in [4.78, 5) is 11.9. The number of ether oxygens (including phenoxy) is 1. The number of hydrogen-bond donors (Lipinski definition) is 1. The van der Waals surface area contributed by atoms with Crippen molar-refractivity contribution in [2.24, 2.45) is 0 Å². The molecular weight excluding hydrogens is 238 g/mol. The van der Waals surface area contributed by atoms with Crippen molar-refractivity contribution >= 4 is 11.6 Å². The van der Waals surface area contributed by atoms with E-state index in [1.54, 1.807) is 18.2 Å². The highest BCUT2D eigenvalue weighted by atomic mass is 16.5. The molecule has 0 radical (unpaired) electrons. The highest BCUT2D eigenvalue weighted by molar-refractivity contribution is 6.02. The maximum absolute atomic E-state index is 11.9. The SMILES string of the molecule is C=C(Oc1cccc(C)c1)C(=O)Nc1ccccc1. The third-order valence-corrected chi connectivity index (χ3v) is 2.52. The second kappa shape index (κ2) is 5.87. The summed E-state index contributed by atoms with van der Waals surface area (Å²) in [6.45, 7) is 5.60. The van der Waals surface area contributed by atoms with Crippen LogP contribution in [0.4, 0.5) is 5.69 Å². The van der Waals surface area contributed by atoms with Gasteiger partial charge in [0.25, 0.3) is 5.91 Å². The van der Waals surface area contributed by atoms with Crippen molar-refractivity contribution in [3.05, 3.63) is 72.5 Å². The molecule has 1 amide bonds. The number of carbonyl (C=O) groups excluding carboxylic acids is 1. The molecule has 0 saturated heterocycles. The lowest BCUT2D eigenvalue weighted by Gasteiger charge is -2.09. The van der Waals surface area contributed by atoms with Crippen molar-refractivity contribution in [2.45, 2.75) is 6.92 Å². The van der Waals surface area contributed by atoms with Crippen LogP contribution in [0.25, 0.3) is 0 Å². The molecule has 0 unspecified atom stereocenters. The normalized spacial score (nSPS) is 9.74. The Morgan fingerprint density at radius 1 is 1.11 bits per heavy atom. The average Bonchev–Trinajstić information content (AvgIpc) is 2.40. The van der Waals surface area contributed by atoms with Crippen molar-refractivity contribution in [2.75, 3.05) is 5.32 Å². The summed E-state index contributed by atoms with van der Waals surface area (Å²) in [5, 5.41) is 2.71. The van der Waals surface area contributed by atoms with Crippen molar-refractivity contribution in [3.63, 3.8) is 0 Å². The smallest absolute Gasteiger partial charge is 0.290 e. The fourth-order valence-corrected chi connectivity index (χ4v) is 1.59. The molecule has 2 aromatic rings. The minimum atomic E-state index is -0.354. The summed E-state index contributed by atoms with van der Waals surface area (Å²) < 4.78 is 5.42. The summed E-state index contributed by atoms with van der Waals surface area (Å²) >= 11 is 0. The number of nitrogens with one attached hydrogen (secondary N) is 1. The molecule has 0 aromatic heterocycles. The van der Waals surface area contributed by atoms with E-state index in [4.69, 9.17) is 4.74 Å². The molecule has 0 fully saturated rings. The molecule has 96 valence electrons. The minimum absolute atomic E-state index is 0.0643. The molecular formula is C16H15NO2. The van der Waals surface area contributed by atoms with E-state index in [-0.39, 0.29) is 11.7 Å². The number of amides is 1. The molecule has 0 heterocycles. The first-order chi connectivity index (χ1) is 9.15. The number of aryl methyl sites for hydroxylation is 1. The van der Waals surface area contributed by atoms with Crippen LogP contribution in [0.3, 0.4) is 0 Å². The summed E-state index contributed by atoms with van der Waals surface area (Å²) in [5.41, 5.74) is 1.77. The van der Waals surface area contributed by atoms with Gasteiger partial charge in [-0.15, -0.1) is 0 Å². The van der Waals surface area contributed by atoms with Gasteiger partial charge in [0, 0.05) is 5.69 Å². The second-order valence-electron chi connectivity index (χ2n) is 4.16. The third kappa shape index (κ3) is 3.71. The van der Waals surface area contributed by atoms with Gasteiger partial charge in [-0.3, -0.25) is 4.79 Å². The third-order valence-electron chi connectivity index (χ3n) is 2.52. The van der Waals surface area contributed by atoms with Gasteiger partial charge < -0.3 is 10.1 Å². The zero-order valence-corrected chi connectivity index (χ0v) is 10.7. The van der Waals surface area contributed by atoms with Gasteiger partial charge in [0.1, 0.15) is 5.75 Å². The van der Waals surface area contributed by atoms with E-state index in [1.807, 2.05) is 43.3 Å². The van der Waals surface area contributed by atoms with E-state index < -0.39 is 0 Å². The topological polar surface area (TPSA) is 38.3 Å². The average molecular weight is 253 g/mol. The van der Waals surface area contributed by atoms with Crippen molar-refractivity contribution < 1.29 is 9.53 Å². The Balaban J connectivity index is 1.98. The molecule has 0 atom stereocenters. The molecule has 2 aromatic carbocycles. The van der Waals surface area contributed by atoms with Gasteiger partial charge in [-0.25, -0.2) is 0 Å². The molecule has 2 rings (SSSR count). The van der Waals surface area contributed by atoms with Crippen LogP contribution in [0.5, 0.6) is 5.75 Å². The van der Waals surface area contributed by atoms with E-state index in [0.717, 1.165) is 5.56 Å². The number of rotatable bonds is 4. The minimum Gasteiger partial charge on any atom is -0.452 e. The Kier molecular flexibility index (Phi) is 3.98. The number of anilines is 1. The number of para-hydroxylation sites is 1. The zero-order valence-electron chi connectivity index (χ0n) is 10.7. The van der Waals surface area contributed by atoms with Crippen molar-refractivity contribution in [1.29, 1.82) is 0 Å². The molecule has 0 bridgehead atoms. The summed E-state index contributed by atoms with van der Waals surface area (Å²) in [6.07, 6.45) is 0. The van der Waals surface area contributed by atoms with Crippen LogP contribution in [0.15, 0.2) is 66.9 Å². The van der Waals surface area contributed by atoms with Gasteiger partial charge in [-0.1, -0.05) is 36.9 Å². The van der Waals surface area contributed by atoms with Crippen LogP contribution in [-0.4, -0.2) is 5.91 Å². The quantitative estimate of drug-likeness (QED) is 0.668. The van der Waals surface area contributed by atoms with E-state index in [1.165, 1.54) is 0 Å². The van der Waals surface area contributed by atoms with Crippen molar-refractivity contribution in [3.8, 4) is 5.75 Å². The van der Waals surface area contributed by atoms with Gasteiger partial charge >= 0.3 is 0 Å². The lowest BCUT2D eigenvalue weighted by atomic mass is 10.2. The maximum atomic E-state index is 11.9. The van der Waals surface area contributed by atoms with Crippen molar-refractivity contribution in [1.82, 2.24) is 0 Å². The molecule has 0 spiro atoms. The van der Waals surface area contributed by atoms with Gasteiger partial charge in [-0.05, 0) is 36.8 Å². The molecule has 0 saturated carbocycles. The molecule has 3 heteroatoms. The van der Waals surface area contributed by atoms with Crippen LogP contribution in [-0.2, 0) is 4.79 Å².